The maximum absolute atomic E-state index is 13.3. The second-order valence-corrected chi connectivity index (χ2v) is 8.46. The molecule has 172 valence electrons. The lowest BCUT2D eigenvalue weighted by Crippen LogP contribution is -2.41. The third kappa shape index (κ3) is 4.89. The Bertz CT molecular complexity index is 1340. The molecule has 0 spiro atoms. The Morgan fingerprint density at radius 2 is 1.53 bits per heavy atom. The van der Waals surface area contributed by atoms with E-state index in [1.807, 2.05) is 16.9 Å². The molecule has 0 saturated carbocycles. The number of carbonyl (C=O) groups is 3. The molecule has 9 heteroatoms. The first-order valence-electron chi connectivity index (χ1n) is 10.3. The van der Waals surface area contributed by atoms with Gasteiger partial charge in [-0.3, -0.25) is 25.2 Å². The fraction of sp³-hybridized carbons (Fsp3) is 0.0800. The van der Waals surface area contributed by atoms with Crippen molar-refractivity contribution in [1.29, 1.82) is 0 Å². The summed E-state index contributed by atoms with van der Waals surface area (Å²) in [6.45, 7) is 3.61. The van der Waals surface area contributed by atoms with E-state index < -0.39 is 11.8 Å². The molecule has 0 saturated heterocycles. The highest BCUT2D eigenvalue weighted by molar-refractivity contribution is 7.12. The molecular weight excluding hydrogens is 455 g/mol. The van der Waals surface area contributed by atoms with Crippen molar-refractivity contribution >= 4 is 34.7 Å². The van der Waals surface area contributed by atoms with Gasteiger partial charge in [-0.2, -0.15) is 0 Å². The van der Waals surface area contributed by atoms with Gasteiger partial charge < -0.3 is 9.88 Å². The third-order valence-corrected chi connectivity index (χ3v) is 6.07. The van der Waals surface area contributed by atoms with Crippen LogP contribution in [-0.2, 0) is 0 Å². The number of amides is 3. The summed E-state index contributed by atoms with van der Waals surface area (Å²) in [7, 11) is 0. The molecule has 3 amide bonds. The minimum absolute atomic E-state index is 0.224. The number of hydrogen-bond acceptors (Lipinski definition) is 4. The molecule has 0 radical (unpaired) electrons. The predicted octanol–water partition coefficient (Wildman–Crippen LogP) is 4.62. The summed E-state index contributed by atoms with van der Waals surface area (Å²) in [5.41, 5.74) is 8.24. The summed E-state index contributed by atoms with van der Waals surface area (Å²) in [6, 6.07) is 17.5. The number of hydrazine groups is 1. The number of benzene rings is 2. The number of hydrogen-bond donors (Lipinski definition) is 3. The van der Waals surface area contributed by atoms with E-state index in [0.717, 1.165) is 11.4 Å². The van der Waals surface area contributed by atoms with Crippen molar-refractivity contribution in [3.63, 3.8) is 0 Å². The molecule has 0 fully saturated rings. The molecule has 34 heavy (non-hydrogen) atoms. The third-order valence-electron chi connectivity index (χ3n) is 5.20. The quantitative estimate of drug-likeness (QED) is 0.367. The zero-order chi connectivity index (χ0) is 24.2. The molecule has 3 N–H and O–H groups in total. The maximum Gasteiger partial charge on any atom is 0.271 e. The van der Waals surface area contributed by atoms with Crippen LogP contribution in [0.1, 0.15) is 41.8 Å². The molecule has 2 aromatic carbocycles. The zero-order valence-corrected chi connectivity index (χ0v) is 19.2. The van der Waals surface area contributed by atoms with Gasteiger partial charge in [0, 0.05) is 28.3 Å². The van der Waals surface area contributed by atoms with Gasteiger partial charge in [-0.15, -0.1) is 11.3 Å². The molecular formula is C25H21FN4O3S. The van der Waals surface area contributed by atoms with Crippen molar-refractivity contribution in [2.45, 2.75) is 13.8 Å². The topological polar surface area (TPSA) is 92.2 Å². The van der Waals surface area contributed by atoms with Crippen molar-refractivity contribution < 1.29 is 18.8 Å². The van der Waals surface area contributed by atoms with Gasteiger partial charge in [-0.1, -0.05) is 6.07 Å². The van der Waals surface area contributed by atoms with Crippen LogP contribution in [0.4, 0.5) is 10.1 Å². The van der Waals surface area contributed by atoms with Gasteiger partial charge in [-0.05, 0) is 79.9 Å². The predicted molar refractivity (Wildman–Crippen MR) is 129 cm³/mol. The Morgan fingerprint density at radius 3 is 2.18 bits per heavy atom. The number of rotatable bonds is 5. The van der Waals surface area contributed by atoms with Crippen molar-refractivity contribution in [2.75, 3.05) is 5.32 Å². The van der Waals surface area contributed by atoms with Crippen molar-refractivity contribution in [1.82, 2.24) is 15.4 Å². The van der Waals surface area contributed by atoms with Crippen molar-refractivity contribution in [2.24, 2.45) is 0 Å². The van der Waals surface area contributed by atoms with Gasteiger partial charge in [0.2, 0.25) is 0 Å². The number of halogens is 1. The van der Waals surface area contributed by atoms with Gasteiger partial charge >= 0.3 is 0 Å². The molecule has 0 atom stereocenters. The fourth-order valence-corrected chi connectivity index (χ4v) is 4.16. The molecule has 0 unspecified atom stereocenters. The monoisotopic (exact) mass is 476 g/mol. The summed E-state index contributed by atoms with van der Waals surface area (Å²) in [5.74, 6) is -1.55. The highest BCUT2D eigenvalue weighted by atomic mass is 32.1. The fourth-order valence-electron chi connectivity index (χ4n) is 3.54. The van der Waals surface area contributed by atoms with Crippen LogP contribution >= 0.6 is 11.3 Å². The Kier molecular flexibility index (Phi) is 6.55. The van der Waals surface area contributed by atoms with Crippen LogP contribution < -0.4 is 16.2 Å². The van der Waals surface area contributed by atoms with Crippen LogP contribution in [0.5, 0.6) is 0 Å². The normalized spacial score (nSPS) is 10.6. The lowest BCUT2D eigenvalue weighted by Gasteiger charge is -2.11. The Hall–Kier alpha value is -4.24. The molecule has 0 bridgehead atoms. The van der Waals surface area contributed by atoms with Crippen LogP contribution in [0.3, 0.4) is 0 Å². The molecule has 4 rings (SSSR count). The number of thiophene rings is 1. The smallest absolute Gasteiger partial charge is 0.271 e. The Morgan fingerprint density at radius 1 is 0.853 bits per heavy atom. The van der Waals surface area contributed by atoms with Gasteiger partial charge in [0.15, 0.2) is 0 Å². The van der Waals surface area contributed by atoms with E-state index in [-0.39, 0.29) is 11.7 Å². The molecule has 0 aliphatic rings. The van der Waals surface area contributed by atoms with Crippen molar-refractivity contribution in [3.8, 4) is 5.69 Å². The van der Waals surface area contributed by atoms with Gasteiger partial charge in [0.25, 0.3) is 17.7 Å². The number of nitrogens with one attached hydrogen (secondary N) is 3. The Labute approximate surface area is 199 Å². The summed E-state index contributed by atoms with van der Waals surface area (Å²) in [5, 5.41) is 4.58. The average Bonchev–Trinajstić information content (AvgIpc) is 3.47. The highest BCUT2D eigenvalue weighted by Gasteiger charge is 2.18. The van der Waals surface area contributed by atoms with Gasteiger partial charge in [0.05, 0.1) is 10.4 Å². The average molecular weight is 477 g/mol. The second-order valence-electron chi connectivity index (χ2n) is 7.51. The summed E-state index contributed by atoms with van der Waals surface area (Å²) in [6.07, 6.45) is 0. The molecule has 2 heterocycles. The lowest BCUT2D eigenvalue weighted by molar-refractivity contribution is 0.0846. The van der Waals surface area contributed by atoms with E-state index in [0.29, 0.717) is 27.4 Å². The van der Waals surface area contributed by atoms with E-state index in [9.17, 15) is 18.8 Å². The van der Waals surface area contributed by atoms with Gasteiger partial charge in [-0.25, -0.2) is 4.39 Å². The standard InChI is InChI=1S/C25H21FN4O3S/c1-15-14-21(16(2)30(15)20-11-7-18(26)8-12-20)24(32)29-28-23(31)17-5-9-19(10-6-17)27-25(33)22-4-3-13-34-22/h3-14H,1-2H3,(H,27,33)(H,28,31)(H,29,32). The minimum Gasteiger partial charge on any atom is -0.321 e. The number of nitrogens with zero attached hydrogens (tertiary/aromatic N) is 1. The number of carbonyl (C=O) groups excluding carboxylic acids is 3. The van der Waals surface area contributed by atoms with E-state index in [2.05, 4.69) is 16.2 Å². The lowest BCUT2D eigenvalue weighted by atomic mass is 10.2. The van der Waals surface area contributed by atoms with Crippen LogP contribution in [0.15, 0.2) is 72.1 Å². The van der Waals surface area contributed by atoms with E-state index in [1.54, 1.807) is 61.5 Å². The molecule has 4 aromatic rings. The van der Waals surface area contributed by atoms with Crippen LogP contribution in [0.2, 0.25) is 0 Å². The number of aryl methyl sites for hydroxylation is 1. The summed E-state index contributed by atoms with van der Waals surface area (Å²) < 4.78 is 15.1. The zero-order valence-electron chi connectivity index (χ0n) is 18.4. The molecule has 2 aromatic heterocycles. The molecule has 0 aliphatic carbocycles. The highest BCUT2D eigenvalue weighted by Crippen LogP contribution is 2.21. The van der Waals surface area contributed by atoms with E-state index in [1.165, 1.54) is 23.5 Å². The number of anilines is 1. The largest absolute Gasteiger partial charge is 0.321 e. The molecule has 7 nitrogen and oxygen atoms in total. The Balaban J connectivity index is 1.38. The van der Waals surface area contributed by atoms with E-state index >= 15 is 0 Å². The SMILES string of the molecule is Cc1cc(C(=O)NNC(=O)c2ccc(NC(=O)c3cccs3)cc2)c(C)n1-c1ccc(F)cc1. The second kappa shape index (κ2) is 9.72. The summed E-state index contributed by atoms with van der Waals surface area (Å²) >= 11 is 1.34. The van der Waals surface area contributed by atoms with Crippen LogP contribution in [0, 0.1) is 19.7 Å². The van der Waals surface area contributed by atoms with Crippen LogP contribution in [-0.4, -0.2) is 22.3 Å². The first kappa shape index (κ1) is 22.9. The van der Waals surface area contributed by atoms with Crippen molar-refractivity contribution in [3.05, 3.63) is 105 Å². The van der Waals surface area contributed by atoms with Gasteiger partial charge in [0.1, 0.15) is 5.82 Å². The first-order chi connectivity index (χ1) is 16.3. The minimum atomic E-state index is -0.503. The molecule has 0 aliphatic heterocycles. The van der Waals surface area contributed by atoms with E-state index in [4.69, 9.17) is 0 Å². The maximum atomic E-state index is 13.3. The summed E-state index contributed by atoms with van der Waals surface area (Å²) in [4.78, 5) is 37.9. The number of aromatic nitrogens is 1. The first-order valence-corrected chi connectivity index (χ1v) is 11.2. The van der Waals surface area contributed by atoms with Crippen LogP contribution in [0.25, 0.3) is 5.69 Å².